The fraction of sp³-hybridized carbons (Fsp3) is 0.375. The van der Waals surface area contributed by atoms with Gasteiger partial charge in [-0.15, -0.1) is 5.10 Å². The number of nitrogens with two attached hydrogens (primary N) is 1. The lowest BCUT2D eigenvalue weighted by Gasteiger charge is -2.14. The largest absolute Gasteiger partial charge is 0.437 e. The lowest BCUT2D eigenvalue weighted by Crippen LogP contribution is -2.10. The van der Waals surface area contributed by atoms with Crippen molar-refractivity contribution in [1.82, 2.24) is 10.2 Å². The van der Waals surface area contributed by atoms with Gasteiger partial charge >= 0.3 is 0 Å². The first-order valence-corrected chi connectivity index (χ1v) is 7.01. The fourth-order valence-corrected chi connectivity index (χ4v) is 2.24. The molecule has 0 amide bonds. The van der Waals surface area contributed by atoms with Gasteiger partial charge in [0.2, 0.25) is 5.88 Å². The van der Waals surface area contributed by atoms with E-state index < -0.39 is 0 Å². The molecule has 1 heterocycles. The average molecular weight is 271 g/mol. The highest BCUT2D eigenvalue weighted by Gasteiger charge is 2.14. The second kappa shape index (κ2) is 6.48. The lowest BCUT2D eigenvalue weighted by atomic mass is 10.0. The zero-order valence-corrected chi connectivity index (χ0v) is 12.3. The molecule has 0 aliphatic rings. The van der Waals surface area contributed by atoms with E-state index >= 15 is 0 Å². The lowest BCUT2D eigenvalue weighted by molar-refractivity contribution is 0.445. The van der Waals surface area contributed by atoms with Gasteiger partial charge in [0, 0.05) is 12.1 Å². The summed E-state index contributed by atoms with van der Waals surface area (Å²) in [6.07, 6.45) is 1.74. The summed E-state index contributed by atoms with van der Waals surface area (Å²) in [5.74, 6) is 1.27. The summed E-state index contributed by atoms with van der Waals surface area (Å²) in [5, 5.41) is 8.45. The molecule has 0 unspecified atom stereocenters. The minimum Gasteiger partial charge on any atom is -0.437 e. The van der Waals surface area contributed by atoms with Crippen molar-refractivity contribution in [3.63, 3.8) is 0 Å². The molecular formula is C16H21N3O. The summed E-state index contributed by atoms with van der Waals surface area (Å²) in [7, 11) is 0. The van der Waals surface area contributed by atoms with Gasteiger partial charge in [0.25, 0.3) is 0 Å². The van der Waals surface area contributed by atoms with E-state index in [4.69, 9.17) is 10.5 Å². The van der Waals surface area contributed by atoms with Crippen molar-refractivity contribution in [2.45, 2.75) is 40.2 Å². The second-order valence-corrected chi connectivity index (χ2v) is 4.74. The smallest absolute Gasteiger partial charge is 0.243 e. The molecule has 2 aromatic rings. The Labute approximate surface area is 120 Å². The van der Waals surface area contributed by atoms with Crippen LogP contribution in [0.3, 0.4) is 0 Å². The maximum Gasteiger partial charge on any atom is 0.243 e. The molecule has 0 aliphatic heterocycles. The van der Waals surface area contributed by atoms with Gasteiger partial charge in [0.1, 0.15) is 5.75 Å². The van der Waals surface area contributed by atoms with Crippen molar-refractivity contribution in [3.05, 3.63) is 46.6 Å². The zero-order valence-electron chi connectivity index (χ0n) is 12.3. The molecule has 2 N–H and O–H groups in total. The molecule has 1 aromatic heterocycles. The van der Waals surface area contributed by atoms with Crippen LogP contribution in [-0.4, -0.2) is 10.2 Å². The molecule has 0 fully saturated rings. The number of ether oxygens (including phenoxy) is 1. The van der Waals surface area contributed by atoms with Crippen LogP contribution in [0.2, 0.25) is 0 Å². The zero-order chi connectivity index (χ0) is 14.5. The fourth-order valence-electron chi connectivity index (χ4n) is 2.24. The summed E-state index contributed by atoms with van der Waals surface area (Å²) in [5.41, 5.74) is 10.2. The Balaban J connectivity index is 2.38. The van der Waals surface area contributed by atoms with Crippen molar-refractivity contribution in [2.24, 2.45) is 5.73 Å². The molecule has 20 heavy (non-hydrogen) atoms. The monoisotopic (exact) mass is 271 g/mol. The summed E-state index contributed by atoms with van der Waals surface area (Å²) in [6, 6.07) is 7.87. The number of rotatable bonds is 5. The molecule has 0 saturated heterocycles. The van der Waals surface area contributed by atoms with Gasteiger partial charge < -0.3 is 10.5 Å². The minimum atomic E-state index is 0.410. The molecular weight excluding hydrogens is 250 g/mol. The normalized spacial score (nSPS) is 10.6. The van der Waals surface area contributed by atoms with Gasteiger partial charge in [0.05, 0.1) is 5.69 Å². The highest BCUT2D eigenvalue weighted by Crippen LogP contribution is 2.27. The van der Waals surface area contributed by atoms with E-state index in [0.717, 1.165) is 35.4 Å². The summed E-state index contributed by atoms with van der Waals surface area (Å²) < 4.78 is 5.84. The van der Waals surface area contributed by atoms with Crippen molar-refractivity contribution in [3.8, 4) is 11.6 Å². The van der Waals surface area contributed by atoms with Crippen molar-refractivity contribution in [2.75, 3.05) is 0 Å². The SMILES string of the molecule is CCc1nnc(Oc2ccc(C)cc2)c(CN)c1CC. The van der Waals surface area contributed by atoms with Crippen LogP contribution in [0.25, 0.3) is 0 Å². The molecule has 0 atom stereocenters. The van der Waals surface area contributed by atoms with Crippen molar-refractivity contribution >= 4 is 0 Å². The Morgan fingerprint density at radius 3 is 2.25 bits per heavy atom. The topological polar surface area (TPSA) is 61.0 Å². The van der Waals surface area contributed by atoms with Gasteiger partial charge in [-0.25, -0.2) is 0 Å². The quantitative estimate of drug-likeness (QED) is 0.907. The third kappa shape index (κ3) is 2.96. The third-order valence-corrected chi connectivity index (χ3v) is 3.36. The Hall–Kier alpha value is -1.94. The van der Waals surface area contributed by atoms with Crippen molar-refractivity contribution < 1.29 is 4.74 Å². The molecule has 106 valence electrons. The Morgan fingerprint density at radius 2 is 1.70 bits per heavy atom. The van der Waals surface area contributed by atoms with Crippen LogP contribution in [0.15, 0.2) is 24.3 Å². The predicted octanol–water partition coefficient (Wildman–Crippen LogP) is 3.16. The molecule has 2 rings (SSSR count). The van der Waals surface area contributed by atoms with E-state index in [1.54, 1.807) is 0 Å². The number of aryl methyl sites for hydroxylation is 2. The molecule has 0 saturated carbocycles. The van der Waals surface area contributed by atoms with E-state index in [0.29, 0.717) is 12.4 Å². The molecule has 1 aromatic carbocycles. The maximum atomic E-state index is 5.88. The predicted molar refractivity (Wildman–Crippen MR) is 79.9 cm³/mol. The van der Waals surface area contributed by atoms with Gasteiger partial charge in [-0.3, -0.25) is 0 Å². The summed E-state index contributed by atoms with van der Waals surface area (Å²) >= 11 is 0. The highest BCUT2D eigenvalue weighted by atomic mass is 16.5. The summed E-state index contributed by atoms with van der Waals surface area (Å²) in [6.45, 7) is 6.63. The number of aromatic nitrogens is 2. The minimum absolute atomic E-state index is 0.410. The number of hydrogen-bond donors (Lipinski definition) is 1. The number of benzene rings is 1. The van der Waals surface area contributed by atoms with E-state index in [2.05, 4.69) is 24.0 Å². The van der Waals surface area contributed by atoms with Crippen molar-refractivity contribution in [1.29, 1.82) is 0 Å². The Bertz CT molecular complexity index is 579. The van der Waals surface area contributed by atoms with Crippen LogP contribution >= 0.6 is 0 Å². The van der Waals surface area contributed by atoms with E-state index in [-0.39, 0.29) is 0 Å². The standard InChI is InChI=1S/C16H21N3O/c1-4-13-14(10-17)16(19-18-15(13)5-2)20-12-8-6-11(3)7-9-12/h6-9H,4-5,10,17H2,1-3H3. The van der Waals surface area contributed by atoms with Gasteiger partial charge in [-0.05, 0) is 37.5 Å². The molecule has 0 spiro atoms. The Morgan fingerprint density at radius 1 is 1.00 bits per heavy atom. The first-order chi connectivity index (χ1) is 9.69. The first-order valence-electron chi connectivity index (χ1n) is 7.01. The van der Waals surface area contributed by atoms with Crippen LogP contribution in [0.4, 0.5) is 0 Å². The van der Waals surface area contributed by atoms with Gasteiger partial charge in [-0.2, -0.15) is 5.10 Å². The van der Waals surface area contributed by atoms with Crippen LogP contribution < -0.4 is 10.5 Å². The van der Waals surface area contributed by atoms with E-state index in [9.17, 15) is 0 Å². The summed E-state index contributed by atoms with van der Waals surface area (Å²) in [4.78, 5) is 0. The van der Waals surface area contributed by atoms with E-state index in [1.807, 2.05) is 31.2 Å². The van der Waals surface area contributed by atoms with Crippen LogP contribution in [0.5, 0.6) is 11.6 Å². The molecule has 0 aliphatic carbocycles. The number of nitrogens with zero attached hydrogens (tertiary/aromatic N) is 2. The molecule has 0 radical (unpaired) electrons. The second-order valence-electron chi connectivity index (χ2n) is 4.74. The van der Waals surface area contributed by atoms with Gasteiger partial charge in [-0.1, -0.05) is 31.5 Å². The molecule has 0 bridgehead atoms. The van der Waals surface area contributed by atoms with Crippen LogP contribution in [-0.2, 0) is 19.4 Å². The highest BCUT2D eigenvalue weighted by molar-refractivity contribution is 5.39. The third-order valence-electron chi connectivity index (χ3n) is 3.36. The molecule has 4 heteroatoms. The number of hydrogen-bond acceptors (Lipinski definition) is 4. The maximum absolute atomic E-state index is 5.88. The first kappa shape index (κ1) is 14.5. The van der Waals surface area contributed by atoms with E-state index in [1.165, 1.54) is 5.56 Å². The Kier molecular flexibility index (Phi) is 4.69. The van der Waals surface area contributed by atoms with Crippen LogP contribution in [0.1, 0.15) is 36.2 Å². The van der Waals surface area contributed by atoms with Crippen LogP contribution in [0, 0.1) is 6.92 Å². The molecule has 4 nitrogen and oxygen atoms in total. The average Bonchev–Trinajstić information content (AvgIpc) is 2.48. The van der Waals surface area contributed by atoms with Gasteiger partial charge in [0.15, 0.2) is 0 Å².